The maximum Gasteiger partial charge on any atom is 1.00 e. The molecule has 82 valence electrons. The van der Waals surface area contributed by atoms with Gasteiger partial charge < -0.3 is 14.6 Å². The van der Waals surface area contributed by atoms with Crippen molar-refractivity contribution < 1.29 is 44.2 Å². The van der Waals surface area contributed by atoms with Crippen molar-refractivity contribution in [2.45, 2.75) is 0 Å². The fourth-order valence-corrected chi connectivity index (χ4v) is 2.27. The second kappa shape index (κ2) is 5.64. The molecule has 6 heteroatoms. The Bertz CT molecular complexity index is 620. The number of carbonyl (C=O) groups is 1. The summed E-state index contributed by atoms with van der Waals surface area (Å²) in [4.78, 5) is 22.3. The van der Waals surface area contributed by atoms with Crippen molar-refractivity contribution in [2.24, 2.45) is 0 Å². The van der Waals surface area contributed by atoms with Gasteiger partial charge in [0, 0.05) is 0 Å². The zero-order chi connectivity index (χ0) is 11.7. The van der Waals surface area contributed by atoms with E-state index in [9.17, 15) is 14.7 Å². The summed E-state index contributed by atoms with van der Waals surface area (Å²) in [5.74, 6) is -0.893. The predicted molar refractivity (Wildman–Crippen MR) is 59.0 cm³/mol. The number of aromatic carboxylic acids is 1. The summed E-state index contributed by atoms with van der Waals surface area (Å²) < 4.78 is 4.71. The van der Waals surface area contributed by atoms with Crippen LogP contribution in [0.4, 0.5) is 0 Å². The molecule has 0 saturated carbocycles. The first-order chi connectivity index (χ1) is 7.63. The van der Waals surface area contributed by atoms with Gasteiger partial charge in [-0.25, -0.2) is 0 Å². The molecule has 0 aliphatic rings. The van der Waals surface area contributed by atoms with Crippen LogP contribution in [0.5, 0.6) is 5.75 Å². The fourth-order valence-electron chi connectivity index (χ4n) is 1.48. The molecule has 0 amide bonds. The summed E-state index contributed by atoms with van der Waals surface area (Å²) >= 11 is 0.647. The summed E-state index contributed by atoms with van der Waals surface area (Å²) in [6.45, 7) is 0. The second-order valence-corrected chi connectivity index (χ2v) is 4.12. The number of hydrogen-bond donors (Lipinski definition) is 0. The van der Waals surface area contributed by atoms with Crippen molar-refractivity contribution in [3.8, 4) is 5.75 Å². The van der Waals surface area contributed by atoms with Gasteiger partial charge in [-0.3, -0.25) is 4.79 Å². The standard InChI is InChI=1S/C11H8O4S.Na/c1-15-7-4-2-3-6-5-8(10(12)13)16-11(14)9(6)7;/h2-5H,1H3,(H,12,13);/q;+1/p-1. The van der Waals surface area contributed by atoms with Gasteiger partial charge in [-0.2, -0.15) is 0 Å². The van der Waals surface area contributed by atoms with E-state index in [0.717, 1.165) is 0 Å². The predicted octanol–water partition coefficient (Wildman–Crippen LogP) is -2.36. The Labute approximate surface area is 123 Å². The summed E-state index contributed by atoms with van der Waals surface area (Å²) in [5.41, 5.74) is 0. The van der Waals surface area contributed by atoms with Crippen LogP contribution in [0.25, 0.3) is 10.8 Å². The molecule has 0 fully saturated rings. The average molecular weight is 258 g/mol. The summed E-state index contributed by atoms with van der Waals surface area (Å²) in [5, 5.41) is 11.6. The molecule has 1 heterocycles. The molecule has 0 N–H and O–H groups in total. The minimum Gasteiger partial charge on any atom is -0.544 e. The molecule has 0 saturated heterocycles. The number of methoxy groups -OCH3 is 1. The molecule has 4 nitrogen and oxygen atoms in total. The Morgan fingerprint density at radius 3 is 2.71 bits per heavy atom. The van der Waals surface area contributed by atoms with Gasteiger partial charge in [0.1, 0.15) is 5.75 Å². The van der Waals surface area contributed by atoms with Crippen LogP contribution in [0.1, 0.15) is 9.67 Å². The Kier molecular flexibility index (Phi) is 4.70. The second-order valence-electron chi connectivity index (χ2n) is 3.11. The van der Waals surface area contributed by atoms with Crippen LogP contribution in [-0.2, 0) is 0 Å². The first-order valence-electron chi connectivity index (χ1n) is 4.45. The summed E-state index contributed by atoms with van der Waals surface area (Å²) in [6, 6.07) is 6.44. The van der Waals surface area contributed by atoms with Crippen LogP contribution in [-0.4, -0.2) is 13.1 Å². The van der Waals surface area contributed by atoms with Crippen molar-refractivity contribution in [2.75, 3.05) is 7.11 Å². The van der Waals surface area contributed by atoms with Crippen LogP contribution in [0.15, 0.2) is 29.1 Å². The molecule has 2 aromatic rings. The SMILES string of the molecule is COc1cccc2cc(C(=O)[O-])sc(=O)c12.[Na+]. The van der Waals surface area contributed by atoms with Crippen LogP contribution >= 0.6 is 11.3 Å². The Morgan fingerprint density at radius 1 is 1.41 bits per heavy atom. The normalized spacial score (nSPS) is 9.71. The van der Waals surface area contributed by atoms with Crippen molar-refractivity contribution in [1.82, 2.24) is 0 Å². The fraction of sp³-hybridized carbons (Fsp3) is 0.0909. The molecule has 0 aliphatic carbocycles. The molecule has 0 spiro atoms. The van der Waals surface area contributed by atoms with Gasteiger partial charge in [-0.1, -0.05) is 23.5 Å². The van der Waals surface area contributed by atoms with E-state index < -0.39 is 5.97 Å². The van der Waals surface area contributed by atoms with E-state index >= 15 is 0 Å². The third kappa shape index (κ3) is 2.69. The van der Waals surface area contributed by atoms with Crippen molar-refractivity contribution in [3.63, 3.8) is 0 Å². The van der Waals surface area contributed by atoms with Crippen LogP contribution in [0.3, 0.4) is 0 Å². The maximum absolute atomic E-state index is 11.7. The Hall–Kier alpha value is -0.880. The number of carboxylic acids is 1. The Balaban J connectivity index is 0.00000144. The van der Waals surface area contributed by atoms with E-state index in [1.165, 1.54) is 13.2 Å². The van der Waals surface area contributed by atoms with Crippen LogP contribution in [0, 0.1) is 0 Å². The molecule has 0 bridgehead atoms. The van der Waals surface area contributed by atoms with Gasteiger partial charge in [-0.15, -0.1) is 0 Å². The molecule has 1 aromatic carbocycles. The zero-order valence-electron chi connectivity index (χ0n) is 9.35. The monoisotopic (exact) mass is 258 g/mol. The molecule has 17 heavy (non-hydrogen) atoms. The first-order valence-corrected chi connectivity index (χ1v) is 5.27. The first kappa shape index (κ1) is 14.2. The summed E-state index contributed by atoms with van der Waals surface area (Å²) in [7, 11) is 1.46. The van der Waals surface area contributed by atoms with E-state index in [-0.39, 0.29) is 39.2 Å². The molecule has 0 unspecified atom stereocenters. The van der Waals surface area contributed by atoms with E-state index in [1.54, 1.807) is 18.2 Å². The molecular weight excluding hydrogens is 251 g/mol. The van der Waals surface area contributed by atoms with Gasteiger partial charge in [-0.05, 0) is 17.5 Å². The molecular formula is C11H7NaO4S. The minimum absolute atomic E-state index is 0. The summed E-state index contributed by atoms with van der Waals surface area (Å²) in [6.07, 6.45) is 0. The van der Waals surface area contributed by atoms with Gasteiger partial charge in [0.2, 0.25) is 4.74 Å². The quantitative estimate of drug-likeness (QED) is 0.565. The number of carboxylic acid groups (broad SMARTS) is 1. The zero-order valence-corrected chi connectivity index (χ0v) is 12.2. The van der Waals surface area contributed by atoms with Gasteiger partial charge in [0.05, 0.1) is 23.3 Å². The number of benzene rings is 1. The minimum atomic E-state index is -1.34. The van der Waals surface area contributed by atoms with Crippen LogP contribution in [0.2, 0.25) is 0 Å². The third-order valence-corrected chi connectivity index (χ3v) is 3.07. The third-order valence-electron chi connectivity index (χ3n) is 2.17. The largest absolute Gasteiger partial charge is 1.00 e. The number of rotatable bonds is 2. The van der Waals surface area contributed by atoms with Crippen LogP contribution < -0.4 is 44.1 Å². The van der Waals surface area contributed by atoms with Crippen molar-refractivity contribution in [1.29, 1.82) is 0 Å². The Morgan fingerprint density at radius 2 is 2.12 bits per heavy atom. The number of fused-ring (bicyclic) bond motifs is 1. The maximum atomic E-state index is 11.7. The smallest absolute Gasteiger partial charge is 0.544 e. The van der Waals surface area contributed by atoms with Gasteiger partial charge in [0.25, 0.3) is 0 Å². The number of ether oxygens (including phenoxy) is 1. The number of carbonyl (C=O) groups excluding carboxylic acids is 1. The molecule has 1 aromatic heterocycles. The van der Waals surface area contributed by atoms with E-state index in [1.807, 2.05) is 0 Å². The van der Waals surface area contributed by atoms with Gasteiger partial charge in [0.15, 0.2) is 0 Å². The van der Waals surface area contributed by atoms with Crippen molar-refractivity contribution in [3.05, 3.63) is 38.7 Å². The topological polar surface area (TPSA) is 66.4 Å². The van der Waals surface area contributed by atoms with E-state index in [4.69, 9.17) is 4.74 Å². The molecule has 0 atom stereocenters. The van der Waals surface area contributed by atoms with E-state index in [0.29, 0.717) is 27.9 Å². The molecule has 0 radical (unpaired) electrons. The van der Waals surface area contributed by atoms with E-state index in [2.05, 4.69) is 0 Å². The van der Waals surface area contributed by atoms with Gasteiger partial charge >= 0.3 is 29.6 Å². The number of hydrogen-bond acceptors (Lipinski definition) is 5. The molecule has 2 rings (SSSR count). The van der Waals surface area contributed by atoms with Crippen molar-refractivity contribution >= 4 is 28.1 Å². The molecule has 0 aliphatic heterocycles. The average Bonchev–Trinajstić information content (AvgIpc) is 2.27.